The summed E-state index contributed by atoms with van der Waals surface area (Å²) < 4.78 is 31.9. The van der Waals surface area contributed by atoms with Gasteiger partial charge in [0.2, 0.25) is 21.8 Å². The zero-order valence-electron chi connectivity index (χ0n) is 23.0. The highest BCUT2D eigenvalue weighted by Gasteiger charge is 2.30. The minimum absolute atomic E-state index is 0.0736. The van der Waals surface area contributed by atoms with E-state index in [9.17, 15) is 18.0 Å². The van der Waals surface area contributed by atoms with Gasteiger partial charge in [-0.1, -0.05) is 60.7 Å². The quantitative estimate of drug-likeness (QED) is 0.347. The number of likely N-dealkylation sites (N-methyl/N-ethyl adjacent to an activating group) is 1. The Bertz CT molecular complexity index is 1360. The molecular weight excluding hydrogens is 514 g/mol. The summed E-state index contributed by atoms with van der Waals surface area (Å²) in [5, 5.41) is 2.71. The van der Waals surface area contributed by atoms with Crippen LogP contribution in [0.2, 0.25) is 0 Å². The molecule has 0 aromatic heterocycles. The first kappa shape index (κ1) is 29.7. The second kappa shape index (κ2) is 13.8. The highest BCUT2D eigenvalue weighted by atomic mass is 32.2. The number of benzene rings is 3. The van der Waals surface area contributed by atoms with Crippen LogP contribution in [0, 0.1) is 6.92 Å². The van der Waals surface area contributed by atoms with Crippen LogP contribution in [-0.4, -0.2) is 58.1 Å². The van der Waals surface area contributed by atoms with Crippen molar-refractivity contribution >= 4 is 27.5 Å². The summed E-state index contributed by atoms with van der Waals surface area (Å²) in [6, 6.07) is 23.4. The molecule has 2 amide bonds. The highest BCUT2D eigenvalue weighted by Crippen LogP contribution is 2.23. The third-order valence-corrected chi connectivity index (χ3v) is 7.72. The molecule has 9 heteroatoms. The summed E-state index contributed by atoms with van der Waals surface area (Å²) in [6.45, 7) is 2.20. The average Bonchev–Trinajstić information content (AvgIpc) is 2.93. The lowest BCUT2D eigenvalue weighted by molar-refractivity contribution is -0.141. The molecule has 0 fully saturated rings. The van der Waals surface area contributed by atoms with Crippen molar-refractivity contribution in [1.29, 1.82) is 0 Å². The van der Waals surface area contributed by atoms with E-state index >= 15 is 0 Å². The van der Waals surface area contributed by atoms with E-state index in [4.69, 9.17) is 4.74 Å². The van der Waals surface area contributed by atoms with Gasteiger partial charge in [-0.05, 0) is 48.2 Å². The van der Waals surface area contributed by atoms with Gasteiger partial charge in [0, 0.05) is 33.0 Å². The Morgan fingerprint density at radius 1 is 0.949 bits per heavy atom. The molecule has 0 heterocycles. The van der Waals surface area contributed by atoms with Gasteiger partial charge in [-0.3, -0.25) is 13.9 Å². The van der Waals surface area contributed by atoms with E-state index in [1.807, 2.05) is 73.7 Å². The lowest BCUT2D eigenvalue weighted by Gasteiger charge is -2.32. The van der Waals surface area contributed by atoms with E-state index < -0.39 is 16.1 Å². The van der Waals surface area contributed by atoms with E-state index in [0.29, 0.717) is 24.3 Å². The lowest BCUT2D eigenvalue weighted by Crippen LogP contribution is -2.49. The summed E-state index contributed by atoms with van der Waals surface area (Å²) in [5.41, 5.74) is 3.17. The number of nitrogens with one attached hydrogen (secondary N) is 1. The molecular formula is C30H37N3O5S. The fourth-order valence-corrected chi connectivity index (χ4v) is 5.54. The summed E-state index contributed by atoms with van der Waals surface area (Å²) in [4.78, 5) is 28.4. The Balaban J connectivity index is 1.87. The van der Waals surface area contributed by atoms with E-state index in [1.165, 1.54) is 4.31 Å². The van der Waals surface area contributed by atoms with Crippen LogP contribution in [0.3, 0.4) is 0 Å². The second-order valence-electron chi connectivity index (χ2n) is 9.42. The number of rotatable bonds is 13. The second-order valence-corrected chi connectivity index (χ2v) is 11.3. The van der Waals surface area contributed by atoms with E-state index in [-0.39, 0.29) is 31.3 Å². The van der Waals surface area contributed by atoms with Crippen molar-refractivity contribution in [2.75, 3.05) is 31.3 Å². The van der Waals surface area contributed by atoms with Gasteiger partial charge in [0.25, 0.3) is 0 Å². The fraction of sp³-hybridized carbons (Fsp3) is 0.333. The normalized spacial score (nSPS) is 11.9. The minimum atomic E-state index is -3.56. The van der Waals surface area contributed by atoms with Crippen LogP contribution < -0.4 is 14.4 Å². The van der Waals surface area contributed by atoms with Crippen LogP contribution in [0.5, 0.6) is 5.75 Å². The molecule has 0 bridgehead atoms. The van der Waals surface area contributed by atoms with Crippen molar-refractivity contribution in [3.8, 4) is 5.75 Å². The van der Waals surface area contributed by atoms with Gasteiger partial charge in [0.1, 0.15) is 11.8 Å². The summed E-state index contributed by atoms with van der Waals surface area (Å²) in [6.07, 6.45) is 1.87. The number of anilines is 1. The summed E-state index contributed by atoms with van der Waals surface area (Å²) in [7, 11) is -0.426. The molecule has 3 aromatic rings. The zero-order chi connectivity index (χ0) is 28.4. The molecule has 39 heavy (non-hydrogen) atoms. The monoisotopic (exact) mass is 551 g/mol. The first-order valence-electron chi connectivity index (χ1n) is 12.8. The molecule has 1 N–H and O–H groups in total. The zero-order valence-corrected chi connectivity index (χ0v) is 23.8. The molecule has 0 radical (unpaired) electrons. The third kappa shape index (κ3) is 8.32. The van der Waals surface area contributed by atoms with E-state index in [2.05, 4.69) is 5.32 Å². The number of hydrogen-bond acceptors (Lipinski definition) is 5. The number of hydrogen-bond donors (Lipinski definition) is 1. The van der Waals surface area contributed by atoms with Crippen molar-refractivity contribution < 1.29 is 22.7 Å². The maximum Gasteiger partial charge on any atom is 0.242 e. The Kier molecular flexibility index (Phi) is 10.5. The van der Waals surface area contributed by atoms with Crippen molar-refractivity contribution in [2.45, 2.75) is 38.8 Å². The van der Waals surface area contributed by atoms with Crippen LogP contribution in [0.4, 0.5) is 5.69 Å². The molecule has 3 rings (SSSR count). The molecule has 0 unspecified atom stereocenters. The van der Waals surface area contributed by atoms with Crippen LogP contribution in [0.25, 0.3) is 0 Å². The molecule has 0 spiro atoms. The van der Waals surface area contributed by atoms with Crippen LogP contribution >= 0.6 is 0 Å². The van der Waals surface area contributed by atoms with Crippen molar-refractivity contribution in [2.24, 2.45) is 0 Å². The smallest absolute Gasteiger partial charge is 0.242 e. The number of para-hydroxylation sites is 1. The predicted molar refractivity (Wildman–Crippen MR) is 154 cm³/mol. The maximum absolute atomic E-state index is 13.7. The number of amides is 2. The summed E-state index contributed by atoms with van der Waals surface area (Å²) >= 11 is 0. The third-order valence-electron chi connectivity index (χ3n) is 6.54. The van der Waals surface area contributed by atoms with Crippen molar-refractivity contribution in [1.82, 2.24) is 10.2 Å². The molecule has 0 aliphatic heterocycles. The SMILES string of the molecule is CNC(=O)[C@H](Cc1ccccc1)N(Cc1cccc(OC)c1)C(=O)CCCN(c1ccccc1C)S(C)(=O)=O. The summed E-state index contributed by atoms with van der Waals surface area (Å²) in [5.74, 6) is 0.148. The number of methoxy groups -OCH3 is 1. The molecule has 0 saturated carbocycles. The Morgan fingerprint density at radius 3 is 2.26 bits per heavy atom. The van der Waals surface area contributed by atoms with Gasteiger partial charge in [0.05, 0.1) is 19.1 Å². The van der Waals surface area contributed by atoms with E-state index in [1.54, 1.807) is 31.2 Å². The molecule has 208 valence electrons. The van der Waals surface area contributed by atoms with Crippen LogP contribution in [0.15, 0.2) is 78.9 Å². The largest absolute Gasteiger partial charge is 0.497 e. The molecule has 1 atom stereocenters. The minimum Gasteiger partial charge on any atom is -0.497 e. The maximum atomic E-state index is 13.7. The first-order valence-corrected chi connectivity index (χ1v) is 14.7. The van der Waals surface area contributed by atoms with Crippen LogP contribution in [-0.2, 0) is 32.6 Å². The van der Waals surface area contributed by atoms with Gasteiger partial charge in [-0.15, -0.1) is 0 Å². The molecule has 0 saturated heterocycles. The topological polar surface area (TPSA) is 96.0 Å². The highest BCUT2D eigenvalue weighted by molar-refractivity contribution is 7.92. The Morgan fingerprint density at radius 2 is 1.62 bits per heavy atom. The standard InChI is InChI=1S/C30H37N3O5S/c1-23-12-8-9-17-27(23)33(39(4,36)37)19-11-18-29(34)32(22-25-15-10-16-26(20-25)38-3)28(30(35)31-2)21-24-13-6-5-7-14-24/h5-10,12-17,20,28H,11,18-19,21-22H2,1-4H3,(H,31,35)/t28-/m0/s1. The number of carbonyl (C=O) groups is 2. The molecule has 0 aliphatic carbocycles. The first-order chi connectivity index (χ1) is 18.6. The van der Waals surface area contributed by atoms with Gasteiger partial charge < -0.3 is 15.0 Å². The van der Waals surface area contributed by atoms with Crippen molar-refractivity contribution in [3.05, 3.63) is 95.6 Å². The molecule has 8 nitrogen and oxygen atoms in total. The number of carbonyl (C=O) groups excluding carboxylic acids is 2. The van der Waals surface area contributed by atoms with Crippen molar-refractivity contribution in [3.63, 3.8) is 0 Å². The van der Waals surface area contributed by atoms with E-state index in [0.717, 1.165) is 22.9 Å². The Hall–Kier alpha value is -3.85. The molecule has 3 aromatic carbocycles. The Labute approximate surface area is 231 Å². The number of aryl methyl sites for hydroxylation is 1. The number of sulfonamides is 1. The van der Waals surface area contributed by atoms with Gasteiger partial charge >= 0.3 is 0 Å². The van der Waals surface area contributed by atoms with Crippen LogP contribution in [0.1, 0.15) is 29.5 Å². The van der Waals surface area contributed by atoms with Gasteiger partial charge in [0.15, 0.2) is 0 Å². The number of ether oxygens (including phenoxy) is 1. The molecule has 0 aliphatic rings. The average molecular weight is 552 g/mol. The number of nitrogens with zero attached hydrogens (tertiary/aromatic N) is 2. The van der Waals surface area contributed by atoms with Gasteiger partial charge in [-0.25, -0.2) is 8.42 Å². The predicted octanol–water partition coefficient (Wildman–Crippen LogP) is 3.94. The van der Waals surface area contributed by atoms with Gasteiger partial charge in [-0.2, -0.15) is 0 Å². The lowest BCUT2D eigenvalue weighted by atomic mass is 10.0. The fourth-order valence-electron chi connectivity index (χ4n) is 4.51.